The van der Waals surface area contributed by atoms with Gasteiger partial charge in [-0.3, -0.25) is 4.79 Å². The molecule has 0 heterocycles. The molecule has 2 rings (SSSR count). The maximum absolute atomic E-state index is 12.0. The van der Waals surface area contributed by atoms with Crippen LogP contribution in [0.2, 0.25) is 0 Å². The fraction of sp³-hybridized carbons (Fsp3) is 0.375. The zero-order valence-corrected chi connectivity index (χ0v) is 11.6. The SMILES string of the molecule is CC1(C)[C@H](C(=O)OCc2ccccc2)[C@@H]1/C=C\C(=O)O. The topological polar surface area (TPSA) is 63.6 Å². The van der Waals surface area contributed by atoms with Gasteiger partial charge in [0.25, 0.3) is 0 Å². The van der Waals surface area contributed by atoms with Crippen LogP contribution in [0.4, 0.5) is 0 Å². The summed E-state index contributed by atoms with van der Waals surface area (Å²) in [6.45, 7) is 4.14. The van der Waals surface area contributed by atoms with Crippen LogP contribution in [0, 0.1) is 17.3 Å². The normalized spacial score (nSPS) is 23.5. The Kier molecular flexibility index (Phi) is 3.93. The first-order chi connectivity index (χ1) is 9.43. The highest BCUT2D eigenvalue weighted by molar-refractivity contribution is 5.82. The quantitative estimate of drug-likeness (QED) is 0.662. The number of carbonyl (C=O) groups is 2. The fourth-order valence-corrected chi connectivity index (χ4v) is 2.49. The number of carboxylic acid groups (broad SMARTS) is 1. The minimum absolute atomic E-state index is 0.0677. The predicted octanol–water partition coefficient (Wildman–Crippen LogP) is 2.64. The number of carboxylic acids is 1. The molecular formula is C16H18O4. The molecule has 1 saturated carbocycles. The highest BCUT2D eigenvalue weighted by atomic mass is 16.5. The van der Waals surface area contributed by atoms with Crippen molar-refractivity contribution >= 4 is 11.9 Å². The van der Waals surface area contributed by atoms with Gasteiger partial charge in [-0.15, -0.1) is 0 Å². The second-order valence-electron chi connectivity index (χ2n) is 5.62. The molecule has 0 saturated heterocycles. The molecule has 1 aromatic rings. The number of rotatable bonds is 5. The summed E-state index contributed by atoms with van der Waals surface area (Å²) in [7, 11) is 0. The summed E-state index contributed by atoms with van der Waals surface area (Å²) in [6, 6.07) is 9.48. The molecule has 1 aliphatic rings. The highest BCUT2D eigenvalue weighted by Gasteiger charge is 2.61. The van der Waals surface area contributed by atoms with E-state index in [0.717, 1.165) is 11.6 Å². The number of benzene rings is 1. The third-order valence-corrected chi connectivity index (χ3v) is 3.83. The van der Waals surface area contributed by atoms with Gasteiger partial charge in [0.1, 0.15) is 6.61 Å². The largest absolute Gasteiger partial charge is 0.478 e. The number of ether oxygens (including phenoxy) is 1. The molecular weight excluding hydrogens is 256 g/mol. The van der Waals surface area contributed by atoms with Crippen molar-refractivity contribution in [1.82, 2.24) is 0 Å². The van der Waals surface area contributed by atoms with E-state index >= 15 is 0 Å². The summed E-state index contributed by atoms with van der Waals surface area (Å²) in [6.07, 6.45) is 2.67. The Bertz CT molecular complexity index is 531. The average molecular weight is 274 g/mol. The zero-order valence-electron chi connectivity index (χ0n) is 11.6. The number of hydrogen-bond donors (Lipinski definition) is 1. The molecule has 1 N–H and O–H groups in total. The van der Waals surface area contributed by atoms with E-state index in [1.165, 1.54) is 0 Å². The number of carbonyl (C=O) groups excluding carboxylic acids is 1. The molecule has 0 spiro atoms. The molecule has 1 aliphatic carbocycles. The lowest BCUT2D eigenvalue weighted by atomic mass is 10.1. The van der Waals surface area contributed by atoms with Gasteiger partial charge in [-0.2, -0.15) is 0 Å². The van der Waals surface area contributed by atoms with Crippen LogP contribution in [0.1, 0.15) is 19.4 Å². The first kappa shape index (κ1) is 14.3. The van der Waals surface area contributed by atoms with E-state index in [1.54, 1.807) is 6.08 Å². The number of esters is 1. The van der Waals surface area contributed by atoms with Gasteiger partial charge < -0.3 is 9.84 Å². The smallest absolute Gasteiger partial charge is 0.327 e. The van der Waals surface area contributed by atoms with Crippen molar-refractivity contribution in [2.24, 2.45) is 17.3 Å². The summed E-state index contributed by atoms with van der Waals surface area (Å²) >= 11 is 0. The third kappa shape index (κ3) is 3.07. The second-order valence-corrected chi connectivity index (χ2v) is 5.62. The number of hydrogen-bond acceptors (Lipinski definition) is 3. The molecule has 20 heavy (non-hydrogen) atoms. The Morgan fingerprint density at radius 3 is 2.55 bits per heavy atom. The van der Waals surface area contributed by atoms with Crippen LogP contribution in [0.3, 0.4) is 0 Å². The summed E-state index contributed by atoms with van der Waals surface area (Å²) in [5.74, 6) is -1.59. The molecule has 0 radical (unpaired) electrons. The molecule has 4 heteroatoms. The molecule has 0 aromatic heterocycles. The summed E-state index contributed by atoms with van der Waals surface area (Å²) in [4.78, 5) is 22.6. The average Bonchev–Trinajstić information content (AvgIpc) is 2.96. The summed E-state index contributed by atoms with van der Waals surface area (Å²) in [5.41, 5.74) is 0.705. The van der Waals surface area contributed by atoms with E-state index < -0.39 is 5.97 Å². The van der Waals surface area contributed by atoms with Crippen LogP contribution in [0.25, 0.3) is 0 Å². The Hall–Kier alpha value is -2.10. The van der Waals surface area contributed by atoms with Gasteiger partial charge in [0.15, 0.2) is 0 Å². The minimum Gasteiger partial charge on any atom is -0.478 e. The van der Waals surface area contributed by atoms with Gasteiger partial charge in [0, 0.05) is 6.08 Å². The first-order valence-electron chi connectivity index (χ1n) is 6.54. The van der Waals surface area contributed by atoms with Gasteiger partial charge in [0.2, 0.25) is 0 Å². The Balaban J connectivity index is 1.92. The van der Waals surface area contributed by atoms with Crippen molar-refractivity contribution in [2.75, 3.05) is 0 Å². The Morgan fingerprint density at radius 1 is 1.30 bits per heavy atom. The van der Waals surface area contributed by atoms with Crippen molar-refractivity contribution in [3.05, 3.63) is 48.0 Å². The first-order valence-corrected chi connectivity index (χ1v) is 6.54. The van der Waals surface area contributed by atoms with Crippen molar-refractivity contribution < 1.29 is 19.4 Å². The maximum atomic E-state index is 12.0. The van der Waals surface area contributed by atoms with E-state index in [9.17, 15) is 9.59 Å². The van der Waals surface area contributed by atoms with Crippen molar-refractivity contribution in [3.8, 4) is 0 Å². The van der Waals surface area contributed by atoms with E-state index in [4.69, 9.17) is 9.84 Å². The molecule has 2 atom stereocenters. The van der Waals surface area contributed by atoms with Crippen LogP contribution < -0.4 is 0 Å². The van der Waals surface area contributed by atoms with Gasteiger partial charge in [-0.1, -0.05) is 50.3 Å². The van der Waals surface area contributed by atoms with E-state index in [0.29, 0.717) is 0 Å². The lowest BCUT2D eigenvalue weighted by Gasteiger charge is -2.05. The van der Waals surface area contributed by atoms with Crippen molar-refractivity contribution in [2.45, 2.75) is 20.5 Å². The third-order valence-electron chi connectivity index (χ3n) is 3.83. The van der Waals surface area contributed by atoms with Crippen molar-refractivity contribution in [3.63, 3.8) is 0 Å². The van der Waals surface area contributed by atoms with E-state index in [1.807, 2.05) is 44.2 Å². The highest BCUT2D eigenvalue weighted by Crippen LogP contribution is 2.59. The van der Waals surface area contributed by atoms with E-state index in [-0.39, 0.29) is 29.8 Å². The van der Waals surface area contributed by atoms with Crippen molar-refractivity contribution in [1.29, 1.82) is 0 Å². The van der Waals surface area contributed by atoms with Crippen LogP contribution in [-0.2, 0) is 20.9 Å². The van der Waals surface area contributed by atoms with Gasteiger partial charge in [-0.25, -0.2) is 4.79 Å². The van der Waals surface area contributed by atoms with Crippen LogP contribution in [-0.4, -0.2) is 17.0 Å². The fourth-order valence-electron chi connectivity index (χ4n) is 2.49. The molecule has 106 valence electrons. The molecule has 0 amide bonds. The molecule has 0 bridgehead atoms. The monoisotopic (exact) mass is 274 g/mol. The summed E-state index contributed by atoms with van der Waals surface area (Å²) in [5, 5.41) is 8.63. The summed E-state index contributed by atoms with van der Waals surface area (Å²) < 4.78 is 5.30. The molecule has 4 nitrogen and oxygen atoms in total. The zero-order chi connectivity index (χ0) is 14.8. The number of aliphatic carboxylic acids is 1. The Labute approximate surface area is 118 Å². The van der Waals surface area contributed by atoms with Gasteiger partial charge >= 0.3 is 11.9 Å². The second kappa shape index (κ2) is 5.49. The van der Waals surface area contributed by atoms with E-state index in [2.05, 4.69) is 0 Å². The molecule has 0 aliphatic heterocycles. The lowest BCUT2D eigenvalue weighted by Crippen LogP contribution is -2.10. The van der Waals surface area contributed by atoms with Crippen LogP contribution in [0.15, 0.2) is 42.5 Å². The maximum Gasteiger partial charge on any atom is 0.327 e. The number of allylic oxidation sites excluding steroid dienone is 1. The minimum atomic E-state index is -0.996. The van der Waals surface area contributed by atoms with Crippen LogP contribution in [0.5, 0.6) is 0 Å². The molecule has 1 fully saturated rings. The lowest BCUT2D eigenvalue weighted by molar-refractivity contribution is -0.147. The standard InChI is InChI=1S/C16H18O4/c1-16(2)12(8-9-13(17)18)14(16)15(19)20-10-11-6-4-3-5-7-11/h3-9,12,14H,10H2,1-2H3,(H,17,18)/b9-8-/t12-,14-/m0/s1. The predicted molar refractivity (Wildman–Crippen MR) is 73.8 cm³/mol. The van der Waals surface area contributed by atoms with Gasteiger partial charge in [-0.05, 0) is 16.9 Å². The molecule has 0 unspecified atom stereocenters. The Morgan fingerprint density at radius 2 is 1.95 bits per heavy atom. The van der Waals surface area contributed by atoms with Gasteiger partial charge in [0.05, 0.1) is 5.92 Å². The van der Waals surface area contributed by atoms with Crippen LogP contribution >= 0.6 is 0 Å². The molecule has 1 aromatic carbocycles.